The first-order valence-electron chi connectivity index (χ1n) is 8.77. The smallest absolute Gasteiger partial charge is 0.255 e. The summed E-state index contributed by atoms with van der Waals surface area (Å²) in [7, 11) is -2.62. The van der Waals surface area contributed by atoms with Crippen LogP contribution in [0, 0.1) is 11.6 Å². The number of amides is 1. The number of sulfonamides is 1. The molecule has 1 saturated carbocycles. The lowest BCUT2D eigenvalue weighted by Gasteiger charge is -2.16. The number of para-hydroxylation sites is 1. The number of ether oxygens (including phenoxy) is 1. The summed E-state index contributed by atoms with van der Waals surface area (Å²) in [6, 6.07) is 6.80. The van der Waals surface area contributed by atoms with Gasteiger partial charge in [-0.15, -0.1) is 0 Å². The van der Waals surface area contributed by atoms with Crippen LogP contribution in [0.2, 0.25) is 0 Å². The van der Waals surface area contributed by atoms with Gasteiger partial charge in [-0.2, -0.15) is 0 Å². The van der Waals surface area contributed by atoms with Crippen LogP contribution in [-0.2, 0) is 10.0 Å². The van der Waals surface area contributed by atoms with Gasteiger partial charge in [0.05, 0.1) is 7.11 Å². The number of halogens is 2. The SMILES string of the molecule is COc1ccc(C(=O)Nc2c(F)cccc2F)cc1S(=O)(=O)NC1CCCC1. The van der Waals surface area contributed by atoms with E-state index in [4.69, 9.17) is 4.74 Å². The maximum Gasteiger partial charge on any atom is 0.255 e. The molecule has 2 aromatic carbocycles. The number of anilines is 1. The van der Waals surface area contributed by atoms with Crippen molar-refractivity contribution in [1.82, 2.24) is 4.72 Å². The molecule has 150 valence electrons. The summed E-state index contributed by atoms with van der Waals surface area (Å²) in [5.41, 5.74) is -0.674. The monoisotopic (exact) mass is 410 g/mol. The fourth-order valence-electron chi connectivity index (χ4n) is 3.16. The summed E-state index contributed by atoms with van der Waals surface area (Å²) in [5.74, 6) is -2.64. The van der Waals surface area contributed by atoms with Crippen molar-refractivity contribution in [3.63, 3.8) is 0 Å². The normalized spacial score (nSPS) is 14.8. The first-order valence-corrected chi connectivity index (χ1v) is 10.3. The van der Waals surface area contributed by atoms with Crippen LogP contribution in [0.15, 0.2) is 41.3 Å². The van der Waals surface area contributed by atoms with Gasteiger partial charge in [0.1, 0.15) is 28.0 Å². The zero-order chi connectivity index (χ0) is 20.3. The van der Waals surface area contributed by atoms with Crippen LogP contribution >= 0.6 is 0 Å². The van der Waals surface area contributed by atoms with E-state index in [2.05, 4.69) is 10.0 Å². The second-order valence-corrected chi connectivity index (χ2v) is 8.20. The van der Waals surface area contributed by atoms with Gasteiger partial charge in [-0.05, 0) is 43.2 Å². The zero-order valence-corrected chi connectivity index (χ0v) is 16.0. The third kappa shape index (κ3) is 4.31. The van der Waals surface area contributed by atoms with Crippen molar-refractivity contribution in [2.45, 2.75) is 36.6 Å². The molecule has 28 heavy (non-hydrogen) atoms. The largest absolute Gasteiger partial charge is 0.495 e. The summed E-state index contributed by atoms with van der Waals surface area (Å²) < 4.78 is 60.8. The Morgan fingerprint density at radius 1 is 1.11 bits per heavy atom. The van der Waals surface area contributed by atoms with E-state index in [0.29, 0.717) is 0 Å². The van der Waals surface area contributed by atoms with Crippen LogP contribution < -0.4 is 14.8 Å². The summed E-state index contributed by atoms with van der Waals surface area (Å²) >= 11 is 0. The minimum Gasteiger partial charge on any atom is -0.495 e. The molecule has 0 bridgehead atoms. The van der Waals surface area contributed by atoms with E-state index in [9.17, 15) is 22.0 Å². The molecule has 1 amide bonds. The van der Waals surface area contributed by atoms with Gasteiger partial charge < -0.3 is 10.1 Å². The summed E-state index contributed by atoms with van der Waals surface area (Å²) in [6.45, 7) is 0. The Kier molecular flexibility index (Phi) is 5.95. The predicted molar refractivity (Wildman–Crippen MR) is 99.9 cm³/mol. The van der Waals surface area contributed by atoms with Gasteiger partial charge in [0.2, 0.25) is 10.0 Å². The molecular formula is C19H20F2N2O4S. The Morgan fingerprint density at radius 2 is 1.75 bits per heavy atom. The van der Waals surface area contributed by atoms with Crippen LogP contribution in [0.5, 0.6) is 5.75 Å². The number of carbonyl (C=O) groups excluding carboxylic acids is 1. The molecular weight excluding hydrogens is 390 g/mol. The lowest BCUT2D eigenvalue weighted by Crippen LogP contribution is -2.33. The fourth-order valence-corrected chi connectivity index (χ4v) is 4.66. The summed E-state index contributed by atoms with van der Waals surface area (Å²) in [5, 5.41) is 2.14. The van der Waals surface area contributed by atoms with Crippen LogP contribution in [0.25, 0.3) is 0 Å². The van der Waals surface area contributed by atoms with Crippen LogP contribution in [0.4, 0.5) is 14.5 Å². The van der Waals surface area contributed by atoms with E-state index in [1.165, 1.54) is 25.3 Å². The van der Waals surface area contributed by atoms with E-state index >= 15 is 0 Å². The lowest BCUT2D eigenvalue weighted by molar-refractivity contribution is 0.102. The second kappa shape index (κ2) is 8.24. The molecule has 2 aromatic rings. The van der Waals surface area contributed by atoms with Crippen LogP contribution in [-0.4, -0.2) is 27.5 Å². The van der Waals surface area contributed by atoms with Gasteiger partial charge in [0.15, 0.2) is 0 Å². The van der Waals surface area contributed by atoms with Crippen molar-refractivity contribution in [3.8, 4) is 5.75 Å². The van der Waals surface area contributed by atoms with E-state index in [1.54, 1.807) is 0 Å². The number of methoxy groups -OCH3 is 1. The predicted octanol–water partition coefficient (Wildman–Crippen LogP) is 3.45. The third-order valence-corrected chi connectivity index (χ3v) is 6.14. The lowest BCUT2D eigenvalue weighted by atomic mass is 10.2. The van der Waals surface area contributed by atoms with Crippen molar-refractivity contribution >= 4 is 21.6 Å². The van der Waals surface area contributed by atoms with Crippen LogP contribution in [0.3, 0.4) is 0 Å². The zero-order valence-electron chi connectivity index (χ0n) is 15.2. The van der Waals surface area contributed by atoms with Gasteiger partial charge in [-0.1, -0.05) is 18.9 Å². The molecule has 0 spiro atoms. The molecule has 0 heterocycles. The Balaban J connectivity index is 1.90. The van der Waals surface area contributed by atoms with Crippen molar-refractivity contribution in [2.24, 2.45) is 0 Å². The van der Waals surface area contributed by atoms with Crippen molar-refractivity contribution < 1.29 is 26.7 Å². The third-order valence-electron chi connectivity index (χ3n) is 4.59. The van der Waals surface area contributed by atoms with E-state index in [0.717, 1.165) is 43.9 Å². The van der Waals surface area contributed by atoms with E-state index < -0.39 is 33.3 Å². The molecule has 0 radical (unpaired) electrons. The summed E-state index contributed by atoms with van der Waals surface area (Å²) in [6.07, 6.45) is 3.38. The number of carbonyl (C=O) groups is 1. The molecule has 1 aliphatic rings. The summed E-state index contributed by atoms with van der Waals surface area (Å²) in [4.78, 5) is 12.2. The number of hydrogen-bond acceptors (Lipinski definition) is 4. The first-order chi connectivity index (χ1) is 13.3. The minimum absolute atomic E-state index is 0.0686. The molecule has 0 aromatic heterocycles. The van der Waals surface area contributed by atoms with Gasteiger partial charge in [-0.3, -0.25) is 4.79 Å². The molecule has 2 N–H and O–H groups in total. The van der Waals surface area contributed by atoms with Gasteiger partial charge >= 0.3 is 0 Å². The first kappa shape index (κ1) is 20.2. The molecule has 0 unspecified atom stereocenters. The average molecular weight is 410 g/mol. The van der Waals surface area contributed by atoms with Gasteiger partial charge in [-0.25, -0.2) is 21.9 Å². The highest BCUT2D eigenvalue weighted by atomic mass is 32.2. The number of benzene rings is 2. The topological polar surface area (TPSA) is 84.5 Å². The van der Waals surface area contributed by atoms with Crippen molar-refractivity contribution in [2.75, 3.05) is 12.4 Å². The van der Waals surface area contributed by atoms with E-state index in [1.807, 2.05) is 0 Å². The van der Waals surface area contributed by atoms with Gasteiger partial charge in [0.25, 0.3) is 5.91 Å². The quantitative estimate of drug-likeness (QED) is 0.764. The van der Waals surface area contributed by atoms with Crippen molar-refractivity contribution in [3.05, 3.63) is 53.6 Å². The molecule has 1 fully saturated rings. The van der Waals surface area contributed by atoms with Crippen molar-refractivity contribution in [1.29, 1.82) is 0 Å². The number of nitrogens with one attached hydrogen (secondary N) is 2. The van der Waals surface area contributed by atoms with Crippen LogP contribution in [0.1, 0.15) is 36.0 Å². The number of hydrogen-bond donors (Lipinski definition) is 2. The molecule has 6 nitrogen and oxygen atoms in total. The Bertz CT molecular complexity index is 969. The highest BCUT2D eigenvalue weighted by molar-refractivity contribution is 7.89. The number of rotatable bonds is 6. The molecule has 1 aliphatic carbocycles. The highest BCUT2D eigenvalue weighted by Gasteiger charge is 2.27. The second-order valence-electron chi connectivity index (χ2n) is 6.52. The Labute approximate surface area is 162 Å². The molecule has 0 saturated heterocycles. The standard InChI is InChI=1S/C19H20F2N2O4S/c1-27-16-10-9-12(19(24)22-18-14(20)7-4-8-15(18)21)11-17(16)28(25,26)23-13-5-2-3-6-13/h4,7-11,13,23H,2-3,5-6H2,1H3,(H,22,24). The molecule has 0 atom stereocenters. The average Bonchev–Trinajstić information content (AvgIpc) is 3.16. The molecule has 9 heteroatoms. The van der Waals surface area contributed by atoms with E-state index in [-0.39, 0.29) is 22.3 Å². The highest BCUT2D eigenvalue weighted by Crippen LogP contribution is 2.28. The maximum atomic E-state index is 13.8. The molecule has 0 aliphatic heterocycles. The Morgan fingerprint density at radius 3 is 2.36 bits per heavy atom. The van der Waals surface area contributed by atoms with Gasteiger partial charge in [0, 0.05) is 11.6 Å². The molecule has 3 rings (SSSR count). The fraction of sp³-hybridized carbons (Fsp3) is 0.316. The maximum absolute atomic E-state index is 13.8. The Hall–Kier alpha value is -2.52. The minimum atomic E-state index is -3.93.